The van der Waals surface area contributed by atoms with Crippen LogP contribution in [-0.4, -0.2) is 18.4 Å². The van der Waals surface area contributed by atoms with Crippen LogP contribution in [0.5, 0.6) is 0 Å². The normalized spacial score (nSPS) is 14.2. The molecule has 0 radical (unpaired) electrons. The molecule has 1 heterocycles. The van der Waals surface area contributed by atoms with Gasteiger partial charge in [-0.1, -0.05) is 42.5 Å². The molecule has 3 nitrogen and oxygen atoms in total. The highest BCUT2D eigenvalue weighted by Crippen LogP contribution is 2.20. The van der Waals surface area contributed by atoms with E-state index < -0.39 is 0 Å². The molecule has 0 fully saturated rings. The zero-order valence-corrected chi connectivity index (χ0v) is 9.67. The summed E-state index contributed by atoms with van der Waals surface area (Å²) in [7, 11) is 0. The van der Waals surface area contributed by atoms with Crippen LogP contribution in [0, 0.1) is 0 Å². The van der Waals surface area contributed by atoms with Crippen LogP contribution in [0.4, 0.5) is 0 Å². The number of carbonyl (C=O) groups is 1. The lowest BCUT2D eigenvalue weighted by Gasteiger charge is -2.03. The fraction of sp³-hybridized carbons (Fsp3) is 0.0667. The first-order valence-electron chi connectivity index (χ1n) is 5.74. The Morgan fingerprint density at radius 1 is 0.833 bits per heavy atom. The number of rotatable bonds is 2. The summed E-state index contributed by atoms with van der Waals surface area (Å²) in [6.07, 6.45) is 0. The zero-order chi connectivity index (χ0) is 12.4. The van der Waals surface area contributed by atoms with Gasteiger partial charge in [-0.05, 0) is 23.3 Å². The Hall–Kier alpha value is -2.42. The summed E-state index contributed by atoms with van der Waals surface area (Å²) < 4.78 is 5.00. The average Bonchev–Trinajstić information content (AvgIpc) is 2.87. The van der Waals surface area contributed by atoms with E-state index in [-0.39, 0.29) is 12.5 Å². The molecular weight excluding hydrogens is 226 g/mol. The third-order valence-corrected chi connectivity index (χ3v) is 2.80. The summed E-state index contributed by atoms with van der Waals surface area (Å²) in [5.41, 5.74) is 3.12. The minimum atomic E-state index is -0.294. The van der Waals surface area contributed by atoms with E-state index >= 15 is 0 Å². The van der Waals surface area contributed by atoms with Gasteiger partial charge in [0.2, 0.25) is 5.90 Å². The fourth-order valence-corrected chi connectivity index (χ4v) is 1.89. The zero-order valence-electron chi connectivity index (χ0n) is 9.67. The van der Waals surface area contributed by atoms with Crippen LogP contribution in [0.15, 0.2) is 59.6 Å². The molecule has 1 aliphatic rings. The molecule has 2 aromatic rings. The van der Waals surface area contributed by atoms with Gasteiger partial charge in [-0.3, -0.25) is 0 Å². The number of hydrogen-bond donors (Lipinski definition) is 0. The lowest BCUT2D eigenvalue weighted by molar-refractivity contribution is -0.132. The van der Waals surface area contributed by atoms with Crippen LogP contribution in [0.1, 0.15) is 5.56 Å². The van der Waals surface area contributed by atoms with Gasteiger partial charge in [0.05, 0.1) is 0 Å². The molecule has 0 unspecified atom stereocenters. The van der Waals surface area contributed by atoms with E-state index in [1.165, 1.54) is 0 Å². The Morgan fingerprint density at radius 2 is 1.44 bits per heavy atom. The molecule has 3 rings (SSSR count). The Balaban J connectivity index is 1.88. The van der Waals surface area contributed by atoms with Gasteiger partial charge in [-0.25, -0.2) is 9.79 Å². The largest absolute Gasteiger partial charge is 0.406 e. The van der Waals surface area contributed by atoms with Crippen molar-refractivity contribution in [1.29, 1.82) is 0 Å². The Labute approximate surface area is 105 Å². The molecule has 18 heavy (non-hydrogen) atoms. The van der Waals surface area contributed by atoms with Crippen molar-refractivity contribution in [1.82, 2.24) is 0 Å². The van der Waals surface area contributed by atoms with Crippen LogP contribution < -0.4 is 0 Å². The van der Waals surface area contributed by atoms with Crippen molar-refractivity contribution >= 4 is 11.9 Å². The molecular formula is C15H11NO2. The minimum absolute atomic E-state index is 0.121. The first kappa shape index (κ1) is 10.7. The van der Waals surface area contributed by atoms with Gasteiger partial charge in [0.1, 0.15) is 6.54 Å². The van der Waals surface area contributed by atoms with Crippen molar-refractivity contribution < 1.29 is 9.53 Å². The van der Waals surface area contributed by atoms with E-state index in [1.807, 2.05) is 42.5 Å². The van der Waals surface area contributed by atoms with Crippen LogP contribution >= 0.6 is 0 Å². The van der Waals surface area contributed by atoms with E-state index in [1.54, 1.807) is 0 Å². The van der Waals surface area contributed by atoms with Crippen molar-refractivity contribution in [2.75, 3.05) is 6.54 Å². The van der Waals surface area contributed by atoms with Crippen LogP contribution in [0.25, 0.3) is 11.1 Å². The Morgan fingerprint density at radius 3 is 2.06 bits per heavy atom. The average molecular weight is 237 g/mol. The SMILES string of the molecule is O=C1CN=C(c2ccc(-c3ccccc3)cc2)O1. The van der Waals surface area contributed by atoms with Gasteiger partial charge in [0.25, 0.3) is 0 Å². The standard InChI is InChI=1S/C15H11NO2/c17-14-10-16-15(18-14)13-8-6-12(7-9-13)11-4-2-1-3-5-11/h1-9H,10H2. The fourth-order valence-electron chi connectivity index (χ4n) is 1.89. The molecule has 0 N–H and O–H groups in total. The van der Waals surface area contributed by atoms with Crippen molar-refractivity contribution in [2.45, 2.75) is 0 Å². The van der Waals surface area contributed by atoms with Crippen molar-refractivity contribution in [3.63, 3.8) is 0 Å². The molecule has 0 aliphatic carbocycles. The van der Waals surface area contributed by atoms with E-state index in [2.05, 4.69) is 17.1 Å². The number of nitrogens with zero attached hydrogens (tertiary/aromatic N) is 1. The number of hydrogen-bond acceptors (Lipinski definition) is 3. The first-order valence-corrected chi connectivity index (χ1v) is 5.74. The minimum Gasteiger partial charge on any atom is -0.406 e. The highest BCUT2D eigenvalue weighted by atomic mass is 16.6. The number of carbonyl (C=O) groups excluding carboxylic acids is 1. The van der Waals surface area contributed by atoms with E-state index in [0.29, 0.717) is 5.90 Å². The monoisotopic (exact) mass is 237 g/mol. The quantitative estimate of drug-likeness (QED) is 0.753. The summed E-state index contributed by atoms with van der Waals surface area (Å²) in [6, 6.07) is 17.9. The topological polar surface area (TPSA) is 38.7 Å². The molecule has 0 atom stereocenters. The molecule has 0 spiro atoms. The summed E-state index contributed by atoms with van der Waals surface area (Å²) in [4.78, 5) is 15.0. The van der Waals surface area contributed by atoms with Gasteiger partial charge in [-0.15, -0.1) is 0 Å². The van der Waals surface area contributed by atoms with Gasteiger partial charge < -0.3 is 4.74 Å². The second-order valence-corrected chi connectivity index (χ2v) is 4.04. The van der Waals surface area contributed by atoms with E-state index in [4.69, 9.17) is 4.74 Å². The summed E-state index contributed by atoms with van der Waals surface area (Å²) in [5, 5.41) is 0. The van der Waals surface area contributed by atoms with E-state index in [0.717, 1.165) is 16.7 Å². The number of esters is 1. The van der Waals surface area contributed by atoms with Crippen LogP contribution in [0.2, 0.25) is 0 Å². The smallest absolute Gasteiger partial charge is 0.334 e. The lowest BCUT2D eigenvalue weighted by Crippen LogP contribution is -2.05. The number of ether oxygens (including phenoxy) is 1. The van der Waals surface area contributed by atoms with Gasteiger partial charge in [0, 0.05) is 5.56 Å². The third kappa shape index (κ3) is 2.02. The van der Waals surface area contributed by atoms with Crippen LogP contribution in [-0.2, 0) is 9.53 Å². The second-order valence-electron chi connectivity index (χ2n) is 4.04. The lowest BCUT2D eigenvalue weighted by atomic mass is 10.0. The Bertz CT molecular complexity index is 600. The predicted octanol–water partition coefficient (Wildman–Crippen LogP) is 2.66. The maximum absolute atomic E-state index is 11.0. The van der Waals surface area contributed by atoms with Crippen molar-refractivity contribution in [3.05, 3.63) is 60.2 Å². The second kappa shape index (κ2) is 4.45. The van der Waals surface area contributed by atoms with Crippen molar-refractivity contribution in [2.24, 2.45) is 4.99 Å². The number of aliphatic imine (C=N–C) groups is 1. The Kier molecular flexibility index (Phi) is 2.65. The number of cyclic esters (lactones) is 1. The summed E-state index contributed by atoms with van der Waals surface area (Å²) in [5.74, 6) is 0.122. The molecule has 88 valence electrons. The maximum Gasteiger partial charge on any atom is 0.334 e. The predicted molar refractivity (Wildman–Crippen MR) is 69.4 cm³/mol. The van der Waals surface area contributed by atoms with E-state index in [9.17, 15) is 4.79 Å². The molecule has 0 saturated heterocycles. The molecule has 0 aromatic heterocycles. The number of benzene rings is 2. The van der Waals surface area contributed by atoms with Gasteiger partial charge >= 0.3 is 5.97 Å². The van der Waals surface area contributed by atoms with Gasteiger partial charge in [-0.2, -0.15) is 0 Å². The summed E-state index contributed by atoms with van der Waals surface area (Å²) >= 11 is 0. The highest BCUT2D eigenvalue weighted by Gasteiger charge is 2.17. The molecule has 0 bridgehead atoms. The van der Waals surface area contributed by atoms with Gasteiger partial charge in [0.15, 0.2) is 0 Å². The molecule has 0 saturated carbocycles. The van der Waals surface area contributed by atoms with Crippen molar-refractivity contribution in [3.8, 4) is 11.1 Å². The maximum atomic E-state index is 11.0. The molecule has 0 amide bonds. The molecule has 3 heteroatoms. The third-order valence-electron chi connectivity index (χ3n) is 2.80. The molecule has 2 aromatic carbocycles. The molecule has 1 aliphatic heterocycles. The first-order chi connectivity index (χ1) is 8.83. The summed E-state index contributed by atoms with van der Waals surface area (Å²) in [6.45, 7) is 0.121. The highest BCUT2D eigenvalue weighted by molar-refractivity contribution is 6.05. The van der Waals surface area contributed by atoms with Crippen LogP contribution in [0.3, 0.4) is 0 Å².